The van der Waals surface area contributed by atoms with E-state index in [2.05, 4.69) is 11.6 Å². The van der Waals surface area contributed by atoms with Gasteiger partial charge in [-0.15, -0.1) is 0 Å². The Hall–Kier alpha value is -0.910. The Morgan fingerprint density at radius 2 is 1.75 bits per heavy atom. The number of sulfonamides is 1. The molecule has 0 atom stereocenters. The van der Waals surface area contributed by atoms with Crippen molar-refractivity contribution < 1.29 is 8.42 Å². The van der Waals surface area contributed by atoms with Gasteiger partial charge < -0.3 is 5.73 Å². The largest absolute Gasteiger partial charge is 0.326 e. The van der Waals surface area contributed by atoms with Gasteiger partial charge in [-0.1, -0.05) is 31.9 Å². The van der Waals surface area contributed by atoms with Crippen molar-refractivity contribution >= 4 is 10.0 Å². The number of nitrogens with two attached hydrogens (primary N) is 1. The zero-order valence-corrected chi connectivity index (χ0v) is 12.8. The second-order valence-electron chi connectivity index (χ2n) is 5.83. The highest BCUT2D eigenvalue weighted by atomic mass is 32.2. The smallest absolute Gasteiger partial charge is 0.240 e. The van der Waals surface area contributed by atoms with E-state index in [1.165, 1.54) is 12.8 Å². The molecule has 112 valence electrons. The second kappa shape index (κ2) is 6.70. The van der Waals surface area contributed by atoms with E-state index in [0.29, 0.717) is 23.9 Å². The Labute approximate surface area is 121 Å². The predicted molar refractivity (Wildman–Crippen MR) is 80.6 cm³/mol. The van der Waals surface area contributed by atoms with E-state index in [0.717, 1.165) is 24.3 Å². The maximum atomic E-state index is 12.2. The molecule has 0 spiro atoms. The van der Waals surface area contributed by atoms with Gasteiger partial charge in [-0.3, -0.25) is 0 Å². The SMILES string of the molecule is CC1CCC(CNS(=O)(=O)c2ccc(CN)cc2)CC1. The van der Waals surface area contributed by atoms with Gasteiger partial charge in [0.2, 0.25) is 10.0 Å². The average Bonchev–Trinajstić information content (AvgIpc) is 2.47. The van der Waals surface area contributed by atoms with Crippen molar-refractivity contribution in [3.8, 4) is 0 Å². The maximum absolute atomic E-state index is 12.2. The van der Waals surface area contributed by atoms with E-state index >= 15 is 0 Å². The fourth-order valence-corrected chi connectivity index (χ4v) is 3.76. The highest BCUT2D eigenvalue weighted by molar-refractivity contribution is 7.89. The molecule has 0 bridgehead atoms. The van der Waals surface area contributed by atoms with Crippen molar-refractivity contribution in [3.05, 3.63) is 29.8 Å². The van der Waals surface area contributed by atoms with Gasteiger partial charge >= 0.3 is 0 Å². The average molecular weight is 296 g/mol. The molecule has 3 N–H and O–H groups in total. The van der Waals surface area contributed by atoms with Crippen LogP contribution in [0.5, 0.6) is 0 Å². The minimum atomic E-state index is -3.39. The van der Waals surface area contributed by atoms with E-state index in [1.807, 2.05) is 0 Å². The van der Waals surface area contributed by atoms with Crippen LogP contribution in [0.15, 0.2) is 29.2 Å². The molecule has 2 rings (SSSR count). The third-order valence-electron chi connectivity index (χ3n) is 4.17. The Morgan fingerprint density at radius 3 is 2.30 bits per heavy atom. The molecule has 5 heteroatoms. The zero-order chi connectivity index (χ0) is 14.6. The fourth-order valence-electron chi connectivity index (χ4n) is 2.65. The van der Waals surface area contributed by atoms with Crippen LogP contribution in [0.4, 0.5) is 0 Å². The first-order valence-corrected chi connectivity index (χ1v) is 8.78. The summed E-state index contributed by atoms with van der Waals surface area (Å²) in [4.78, 5) is 0.318. The van der Waals surface area contributed by atoms with Crippen molar-refractivity contribution in [1.82, 2.24) is 4.72 Å². The van der Waals surface area contributed by atoms with Crippen LogP contribution in [0.3, 0.4) is 0 Å². The summed E-state index contributed by atoms with van der Waals surface area (Å²) in [5.41, 5.74) is 6.45. The molecule has 0 saturated heterocycles. The minimum Gasteiger partial charge on any atom is -0.326 e. The number of hydrogen-bond acceptors (Lipinski definition) is 3. The van der Waals surface area contributed by atoms with Crippen molar-refractivity contribution in [2.24, 2.45) is 17.6 Å². The third-order valence-corrected chi connectivity index (χ3v) is 5.61. The summed E-state index contributed by atoms with van der Waals surface area (Å²) in [5.74, 6) is 1.26. The molecule has 20 heavy (non-hydrogen) atoms. The minimum absolute atomic E-state index is 0.318. The fraction of sp³-hybridized carbons (Fsp3) is 0.600. The van der Waals surface area contributed by atoms with Gasteiger partial charge in [0, 0.05) is 13.1 Å². The Balaban J connectivity index is 1.93. The van der Waals surface area contributed by atoms with Gasteiger partial charge in [0.15, 0.2) is 0 Å². The molecular formula is C15H24N2O2S. The standard InChI is InChI=1S/C15H24N2O2S/c1-12-2-4-14(5-3-12)11-17-20(18,19)15-8-6-13(10-16)7-9-15/h6-9,12,14,17H,2-5,10-11,16H2,1H3. The van der Waals surface area contributed by atoms with Gasteiger partial charge in [-0.05, 0) is 42.4 Å². The van der Waals surface area contributed by atoms with Crippen LogP contribution < -0.4 is 10.5 Å². The van der Waals surface area contributed by atoms with Crippen LogP contribution in [0.2, 0.25) is 0 Å². The molecular weight excluding hydrogens is 272 g/mol. The highest BCUT2D eigenvalue weighted by Crippen LogP contribution is 2.28. The Kier molecular flexibility index (Phi) is 5.18. The molecule has 0 aromatic heterocycles. The van der Waals surface area contributed by atoms with Crippen LogP contribution in [0, 0.1) is 11.8 Å². The lowest BCUT2D eigenvalue weighted by atomic mass is 9.83. The quantitative estimate of drug-likeness (QED) is 0.875. The number of hydrogen-bond donors (Lipinski definition) is 2. The number of nitrogens with one attached hydrogen (secondary N) is 1. The molecule has 0 radical (unpaired) electrons. The van der Waals surface area contributed by atoms with Crippen molar-refractivity contribution in [3.63, 3.8) is 0 Å². The summed E-state index contributed by atoms with van der Waals surface area (Å²) in [5, 5.41) is 0. The molecule has 1 aromatic carbocycles. The summed E-state index contributed by atoms with van der Waals surface area (Å²) in [6.45, 7) is 3.24. The van der Waals surface area contributed by atoms with Crippen LogP contribution in [-0.2, 0) is 16.6 Å². The Bertz CT molecular complexity index is 517. The van der Waals surface area contributed by atoms with Gasteiger partial charge in [0.1, 0.15) is 0 Å². The zero-order valence-electron chi connectivity index (χ0n) is 12.0. The molecule has 4 nitrogen and oxygen atoms in total. The van der Waals surface area contributed by atoms with Crippen LogP contribution in [0.25, 0.3) is 0 Å². The Morgan fingerprint density at radius 1 is 1.15 bits per heavy atom. The first-order chi connectivity index (χ1) is 9.51. The first-order valence-electron chi connectivity index (χ1n) is 7.30. The second-order valence-corrected chi connectivity index (χ2v) is 7.59. The highest BCUT2D eigenvalue weighted by Gasteiger charge is 2.21. The lowest BCUT2D eigenvalue weighted by Gasteiger charge is -2.26. The molecule has 0 amide bonds. The van der Waals surface area contributed by atoms with E-state index in [1.54, 1.807) is 24.3 Å². The molecule has 0 heterocycles. The lowest BCUT2D eigenvalue weighted by Crippen LogP contribution is -2.31. The van der Waals surface area contributed by atoms with Crippen LogP contribution in [0.1, 0.15) is 38.2 Å². The maximum Gasteiger partial charge on any atom is 0.240 e. The normalized spacial score (nSPS) is 23.7. The summed E-state index contributed by atoms with van der Waals surface area (Å²) >= 11 is 0. The molecule has 1 aromatic rings. The molecule has 1 aliphatic rings. The number of benzene rings is 1. The molecule has 0 aliphatic heterocycles. The van der Waals surface area contributed by atoms with Crippen molar-refractivity contribution in [2.75, 3.05) is 6.54 Å². The molecule has 1 aliphatic carbocycles. The van der Waals surface area contributed by atoms with E-state index < -0.39 is 10.0 Å². The summed E-state index contributed by atoms with van der Waals surface area (Å²) in [7, 11) is -3.39. The van der Waals surface area contributed by atoms with E-state index in [4.69, 9.17) is 5.73 Å². The molecule has 1 fully saturated rings. The van der Waals surface area contributed by atoms with Crippen LogP contribution in [-0.4, -0.2) is 15.0 Å². The predicted octanol–water partition coefficient (Wildman–Crippen LogP) is 2.25. The van der Waals surface area contributed by atoms with Gasteiger partial charge in [-0.2, -0.15) is 0 Å². The summed E-state index contributed by atoms with van der Waals surface area (Å²) in [6.07, 6.45) is 4.65. The first kappa shape index (κ1) is 15.5. The van der Waals surface area contributed by atoms with Gasteiger partial charge in [0.05, 0.1) is 4.90 Å². The summed E-state index contributed by atoms with van der Waals surface area (Å²) in [6, 6.07) is 6.76. The topological polar surface area (TPSA) is 72.2 Å². The van der Waals surface area contributed by atoms with Crippen LogP contribution >= 0.6 is 0 Å². The third kappa shape index (κ3) is 4.04. The van der Waals surface area contributed by atoms with Gasteiger partial charge in [-0.25, -0.2) is 13.1 Å². The van der Waals surface area contributed by atoms with Crippen molar-refractivity contribution in [1.29, 1.82) is 0 Å². The van der Waals surface area contributed by atoms with Gasteiger partial charge in [0.25, 0.3) is 0 Å². The monoisotopic (exact) mass is 296 g/mol. The van der Waals surface area contributed by atoms with Crippen molar-refractivity contribution in [2.45, 2.75) is 44.0 Å². The molecule has 1 saturated carbocycles. The number of rotatable bonds is 5. The lowest BCUT2D eigenvalue weighted by molar-refractivity contribution is 0.290. The van der Waals surface area contributed by atoms with E-state index in [-0.39, 0.29) is 0 Å². The van der Waals surface area contributed by atoms with E-state index in [9.17, 15) is 8.42 Å². The molecule has 0 unspecified atom stereocenters. The summed E-state index contributed by atoms with van der Waals surface area (Å²) < 4.78 is 27.1.